The van der Waals surface area contributed by atoms with Crippen molar-refractivity contribution in [2.75, 3.05) is 17.7 Å². The van der Waals surface area contributed by atoms with E-state index in [9.17, 15) is 9.59 Å². The standard InChI is InChI=1S/C20H18ClN3O3S2/c1-10-4-5-12(8-15(10)22-11(2)25)23-20(28)24-19(26)18-17(21)14-7-6-13(27-3)9-16(14)29-18/h4-9H,1-3H3,(H,22,25)(H2,23,24,26,28). The van der Waals surface area contributed by atoms with Crippen molar-refractivity contribution in [3.8, 4) is 5.75 Å². The first kappa shape index (κ1) is 21.0. The van der Waals surface area contributed by atoms with Crippen molar-refractivity contribution in [1.29, 1.82) is 0 Å². The Kier molecular flexibility index (Phi) is 6.36. The van der Waals surface area contributed by atoms with Crippen molar-refractivity contribution >= 4 is 73.5 Å². The van der Waals surface area contributed by atoms with Gasteiger partial charge in [-0.05, 0) is 55.0 Å². The summed E-state index contributed by atoms with van der Waals surface area (Å²) in [6.07, 6.45) is 0. The molecule has 0 aliphatic rings. The van der Waals surface area contributed by atoms with Crippen LogP contribution in [0.4, 0.5) is 11.4 Å². The lowest BCUT2D eigenvalue weighted by molar-refractivity contribution is -0.114. The molecule has 0 saturated heterocycles. The summed E-state index contributed by atoms with van der Waals surface area (Å²) in [5.41, 5.74) is 2.21. The third kappa shape index (κ3) is 4.84. The van der Waals surface area contributed by atoms with E-state index >= 15 is 0 Å². The molecule has 0 fully saturated rings. The van der Waals surface area contributed by atoms with Crippen LogP contribution in [0.1, 0.15) is 22.2 Å². The van der Waals surface area contributed by atoms with Gasteiger partial charge in [-0.1, -0.05) is 17.7 Å². The van der Waals surface area contributed by atoms with Gasteiger partial charge >= 0.3 is 0 Å². The number of benzene rings is 2. The van der Waals surface area contributed by atoms with E-state index in [0.29, 0.717) is 27.0 Å². The lowest BCUT2D eigenvalue weighted by Crippen LogP contribution is -2.33. The number of fused-ring (bicyclic) bond motifs is 1. The largest absolute Gasteiger partial charge is 0.497 e. The molecule has 0 bridgehead atoms. The zero-order chi connectivity index (χ0) is 21.1. The van der Waals surface area contributed by atoms with Gasteiger partial charge in [0.25, 0.3) is 5.91 Å². The Morgan fingerprint density at radius 1 is 1.14 bits per heavy atom. The van der Waals surface area contributed by atoms with Crippen LogP contribution in [0.5, 0.6) is 5.75 Å². The number of aryl methyl sites for hydroxylation is 1. The Bertz CT molecular complexity index is 1130. The highest BCUT2D eigenvalue weighted by atomic mass is 35.5. The van der Waals surface area contributed by atoms with Gasteiger partial charge < -0.3 is 15.4 Å². The second-order valence-corrected chi connectivity index (χ2v) is 8.06. The van der Waals surface area contributed by atoms with Gasteiger partial charge in [0.1, 0.15) is 10.6 Å². The molecule has 3 N–H and O–H groups in total. The first-order chi connectivity index (χ1) is 13.8. The maximum atomic E-state index is 12.7. The fourth-order valence-electron chi connectivity index (χ4n) is 2.66. The van der Waals surface area contributed by atoms with Crippen molar-refractivity contribution < 1.29 is 14.3 Å². The van der Waals surface area contributed by atoms with Crippen LogP contribution in [-0.2, 0) is 4.79 Å². The summed E-state index contributed by atoms with van der Waals surface area (Å²) in [7, 11) is 1.58. The molecule has 9 heteroatoms. The SMILES string of the molecule is COc1ccc2c(Cl)c(C(=O)NC(=S)Nc3ccc(C)c(NC(C)=O)c3)sc2c1. The van der Waals surface area contributed by atoms with E-state index in [-0.39, 0.29) is 11.0 Å². The summed E-state index contributed by atoms with van der Waals surface area (Å²) in [6.45, 7) is 3.32. The van der Waals surface area contributed by atoms with Crippen LogP contribution in [0.15, 0.2) is 36.4 Å². The topological polar surface area (TPSA) is 79.5 Å². The third-order valence-electron chi connectivity index (χ3n) is 4.08. The molecule has 0 aliphatic carbocycles. The van der Waals surface area contributed by atoms with E-state index in [1.165, 1.54) is 18.3 Å². The molecule has 2 amide bonds. The predicted molar refractivity (Wildman–Crippen MR) is 123 cm³/mol. The van der Waals surface area contributed by atoms with Gasteiger partial charge in [0.2, 0.25) is 5.91 Å². The monoisotopic (exact) mass is 447 g/mol. The van der Waals surface area contributed by atoms with Crippen molar-refractivity contribution in [3.05, 3.63) is 51.9 Å². The van der Waals surface area contributed by atoms with Gasteiger partial charge in [0, 0.05) is 28.4 Å². The van der Waals surface area contributed by atoms with Crippen molar-refractivity contribution in [2.45, 2.75) is 13.8 Å². The molecular formula is C20H18ClN3O3S2. The maximum Gasteiger partial charge on any atom is 0.269 e. The molecule has 0 saturated carbocycles. The third-order valence-corrected chi connectivity index (χ3v) is 5.94. The fraction of sp³-hybridized carbons (Fsp3) is 0.150. The maximum absolute atomic E-state index is 12.7. The quantitative estimate of drug-likeness (QED) is 0.493. The molecule has 0 spiro atoms. The van der Waals surface area contributed by atoms with Crippen LogP contribution in [0.25, 0.3) is 10.1 Å². The van der Waals surface area contributed by atoms with Crippen LogP contribution < -0.4 is 20.7 Å². The lowest BCUT2D eigenvalue weighted by Gasteiger charge is -2.12. The van der Waals surface area contributed by atoms with Crippen LogP contribution in [-0.4, -0.2) is 24.0 Å². The molecule has 0 atom stereocenters. The number of ether oxygens (including phenoxy) is 1. The molecule has 150 valence electrons. The molecule has 0 aliphatic heterocycles. The smallest absolute Gasteiger partial charge is 0.269 e. The Morgan fingerprint density at radius 2 is 1.90 bits per heavy atom. The van der Waals surface area contributed by atoms with E-state index in [0.717, 1.165) is 15.6 Å². The zero-order valence-corrected chi connectivity index (χ0v) is 18.3. The minimum atomic E-state index is -0.401. The van der Waals surface area contributed by atoms with Gasteiger partial charge in [-0.3, -0.25) is 14.9 Å². The number of carbonyl (C=O) groups is 2. The number of halogens is 1. The molecule has 3 aromatic rings. The van der Waals surface area contributed by atoms with E-state index in [1.54, 1.807) is 25.3 Å². The van der Waals surface area contributed by atoms with Crippen LogP contribution in [0.3, 0.4) is 0 Å². The van der Waals surface area contributed by atoms with E-state index in [4.69, 9.17) is 28.6 Å². The van der Waals surface area contributed by atoms with E-state index in [1.807, 2.05) is 25.1 Å². The Morgan fingerprint density at radius 3 is 2.59 bits per heavy atom. The summed E-state index contributed by atoms with van der Waals surface area (Å²) in [6, 6.07) is 10.8. The predicted octanol–water partition coefficient (Wildman–Crippen LogP) is 4.96. The summed E-state index contributed by atoms with van der Waals surface area (Å²) in [5, 5.41) is 9.61. The normalized spacial score (nSPS) is 10.5. The Labute approximate surface area is 182 Å². The number of hydrogen-bond acceptors (Lipinski definition) is 5. The second-order valence-electron chi connectivity index (χ2n) is 6.23. The van der Waals surface area contributed by atoms with Gasteiger partial charge in [-0.15, -0.1) is 11.3 Å². The summed E-state index contributed by atoms with van der Waals surface area (Å²) >= 11 is 12.9. The molecule has 29 heavy (non-hydrogen) atoms. The van der Waals surface area contributed by atoms with Crippen LogP contribution in [0.2, 0.25) is 5.02 Å². The molecule has 0 unspecified atom stereocenters. The highest BCUT2D eigenvalue weighted by molar-refractivity contribution is 7.80. The van der Waals surface area contributed by atoms with Crippen LogP contribution in [0, 0.1) is 6.92 Å². The summed E-state index contributed by atoms with van der Waals surface area (Å²) in [4.78, 5) is 24.3. The van der Waals surface area contributed by atoms with Gasteiger partial charge in [-0.25, -0.2) is 0 Å². The number of nitrogens with one attached hydrogen (secondary N) is 3. The molecule has 2 aromatic carbocycles. The van der Waals surface area contributed by atoms with Gasteiger partial charge in [0.15, 0.2) is 5.11 Å². The highest BCUT2D eigenvalue weighted by Gasteiger charge is 2.18. The average molecular weight is 448 g/mol. The zero-order valence-electron chi connectivity index (χ0n) is 15.9. The van der Waals surface area contributed by atoms with Gasteiger partial charge in [0.05, 0.1) is 12.1 Å². The highest BCUT2D eigenvalue weighted by Crippen LogP contribution is 2.37. The minimum Gasteiger partial charge on any atom is -0.497 e. The number of methoxy groups -OCH3 is 1. The average Bonchev–Trinajstić information content (AvgIpc) is 3.00. The Hall–Kier alpha value is -2.68. The van der Waals surface area contributed by atoms with Gasteiger partial charge in [-0.2, -0.15) is 0 Å². The molecule has 3 rings (SSSR count). The molecular weight excluding hydrogens is 430 g/mol. The minimum absolute atomic E-state index is 0.124. The first-order valence-corrected chi connectivity index (χ1v) is 10.2. The molecule has 1 heterocycles. The van der Waals surface area contributed by atoms with E-state index in [2.05, 4.69) is 16.0 Å². The summed E-state index contributed by atoms with van der Waals surface area (Å²) in [5.74, 6) is 0.118. The van der Waals surface area contributed by atoms with Crippen molar-refractivity contribution in [2.24, 2.45) is 0 Å². The first-order valence-electron chi connectivity index (χ1n) is 8.55. The number of hydrogen-bond donors (Lipinski definition) is 3. The Balaban J connectivity index is 1.74. The molecule has 0 radical (unpaired) electrons. The second kappa shape index (κ2) is 8.77. The summed E-state index contributed by atoms with van der Waals surface area (Å²) < 4.78 is 6.06. The van der Waals surface area contributed by atoms with Crippen molar-refractivity contribution in [1.82, 2.24) is 5.32 Å². The number of amides is 2. The molecule has 6 nitrogen and oxygen atoms in total. The van der Waals surface area contributed by atoms with E-state index < -0.39 is 5.91 Å². The van der Waals surface area contributed by atoms with Crippen molar-refractivity contribution in [3.63, 3.8) is 0 Å². The number of rotatable bonds is 4. The molecule has 1 aromatic heterocycles. The lowest BCUT2D eigenvalue weighted by atomic mass is 10.2. The number of anilines is 2. The number of thiocarbonyl (C=S) groups is 1. The number of carbonyl (C=O) groups excluding carboxylic acids is 2. The number of thiophene rings is 1. The van der Waals surface area contributed by atoms with Crippen LogP contribution >= 0.6 is 35.2 Å². The fourth-order valence-corrected chi connectivity index (χ4v) is 4.32.